The predicted octanol–water partition coefficient (Wildman–Crippen LogP) is 4.28. The molecule has 0 aliphatic carbocycles. The van der Waals surface area contributed by atoms with Gasteiger partial charge in [0, 0.05) is 5.56 Å². The first-order valence-corrected chi connectivity index (χ1v) is 6.50. The van der Waals surface area contributed by atoms with Gasteiger partial charge in [0.05, 0.1) is 27.5 Å². The van der Waals surface area contributed by atoms with Gasteiger partial charge in [0.25, 0.3) is 0 Å². The maximum atomic E-state index is 13.5. The van der Waals surface area contributed by atoms with Crippen LogP contribution >= 0.6 is 23.2 Å². The van der Waals surface area contributed by atoms with Crippen LogP contribution in [0.2, 0.25) is 10.0 Å². The average molecular weight is 327 g/mol. The van der Waals surface area contributed by atoms with Crippen LogP contribution in [0.5, 0.6) is 0 Å². The Morgan fingerprint density at radius 3 is 2.67 bits per heavy atom. The minimum atomic E-state index is -1.09. The van der Waals surface area contributed by atoms with Crippen LogP contribution in [0, 0.1) is 5.82 Å². The lowest BCUT2D eigenvalue weighted by atomic mass is 10.2. The molecule has 21 heavy (non-hydrogen) atoms. The molecule has 0 aliphatic rings. The molecule has 0 amide bonds. The molecule has 2 N–H and O–H groups in total. The van der Waals surface area contributed by atoms with E-state index in [4.69, 9.17) is 28.3 Å². The van der Waals surface area contributed by atoms with Crippen molar-refractivity contribution in [3.05, 3.63) is 63.4 Å². The highest BCUT2D eigenvalue weighted by Gasteiger charge is 2.07. The van der Waals surface area contributed by atoms with Crippen LogP contribution in [0.15, 0.2) is 41.5 Å². The number of carboxylic acids is 1. The lowest BCUT2D eigenvalue weighted by Crippen LogP contribution is -1.99. The van der Waals surface area contributed by atoms with Gasteiger partial charge in [-0.15, -0.1) is 0 Å². The zero-order chi connectivity index (χ0) is 15.4. The molecule has 0 bridgehead atoms. The summed E-state index contributed by atoms with van der Waals surface area (Å²) < 4.78 is 13.5. The van der Waals surface area contributed by atoms with E-state index in [0.29, 0.717) is 5.69 Å². The molecule has 0 spiro atoms. The molecule has 108 valence electrons. The Morgan fingerprint density at radius 2 is 2.00 bits per heavy atom. The van der Waals surface area contributed by atoms with Gasteiger partial charge < -0.3 is 5.11 Å². The van der Waals surface area contributed by atoms with Gasteiger partial charge >= 0.3 is 5.97 Å². The van der Waals surface area contributed by atoms with Gasteiger partial charge in [-0.3, -0.25) is 5.43 Å². The molecule has 2 aromatic rings. The smallest absolute Gasteiger partial charge is 0.335 e. The summed E-state index contributed by atoms with van der Waals surface area (Å²) in [4.78, 5) is 10.9. The summed E-state index contributed by atoms with van der Waals surface area (Å²) in [7, 11) is 0. The first kappa shape index (κ1) is 15.3. The standard InChI is InChI=1S/C14H9Cl2FN2O2/c15-10-2-1-3-12(17)9(10)7-18-19-13-6-8(14(20)21)4-5-11(13)16/h1-7,19H,(H,20,21)/b18-7-. The maximum Gasteiger partial charge on any atom is 0.335 e. The molecule has 0 atom stereocenters. The first-order valence-electron chi connectivity index (χ1n) is 5.75. The van der Waals surface area contributed by atoms with Crippen molar-refractivity contribution in [1.29, 1.82) is 0 Å². The number of benzene rings is 2. The number of anilines is 1. The van der Waals surface area contributed by atoms with E-state index in [1.165, 1.54) is 42.6 Å². The summed E-state index contributed by atoms with van der Waals surface area (Å²) in [6.45, 7) is 0. The van der Waals surface area contributed by atoms with Gasteiger partial charge in [0.2, 0.25) is 0 Å². The second-order valence-corrected chi connectivity index (χ2v) is 4.82. The number of halogens is 3. The summed E-state index contributed by atoms with van der Waals surface area (Å²) in [5.41, 5.74) is 3.03. The van der Waals surface area contributed by atoms with E-state index in [1.807, 2.05) is 0 Å². The summed E-state index contributed by atoms with van der Waals surface area (Å²) in [5, 5.41) is 13.2. The van der Waals surface area contributed by atoms with Gasteiger partial charge in [0.15, 0.2) is 0 Å². The zero-order valence-corrected chi connectivity index (χ0v) is 12.0. The van der Waals surface area contributed by atoms with E-state index in [2.05, 4.69) is 10.5 Å². The Bertz CT molecular complexity index is 700. The molecule has 2 rings (SSSR count). The highest BCUT2D eigenvalue weighted by molar-refractivity contribution is 6.33. The fraction of sp³-hybridized carbons (Fsp3) is 0. The Morgan fingerprint density at radius 1 is 1.24 bits per heavy atom. The number of carbonyl (C=O) groups is 1. The normalized spacial score (nSPS) is 10.8. The molecular formula is C14H9Cl2FN2O2. The Balaban J connectivity index is 2.22. The van der Waals surface area contributed by atoms with E-state index >= 15 is 0 Å². The summed E-state index contributed by atoms with van der Waals surface area (Å²) >= 11 is 11.8. The monoisotopic (exact) mass is 326 g/mol. The second-order valence-electron chi connectivity index (χ2n) is 4.01. The van der Waals surface area contributed by atoms with E-state index in [1.54, 1.807) is 0 Å². The van der Waals surface area contributed by atoms with Crippen molar-refractivity contribution < 1.29 is 14.3 Å². The number of aromatic carboxylic acids is 1. The Hall–Kier alpha value is -2.11. The lowest BCUT2D eigenvalue weighted by Gasteiger charge is -2.05. The van der Waals surface area contributed by atoms with Crippen LogP contribution in [0.25, 0.3) is 0 Å². The molecule has 0 aromatic heterocycles. The van der Waals surface area contributed by atoms with Crippen molar-refractivity contribution in [2.75, 3.05) is 5.43 Å². The van der Waals surface area contributed by atoms with E-state index in [0.717, 1.165) is 0 Å². The number of hydrogen-bond donors (Lipinski definition) is 2. The minimum absolute atomic E-state index is 0.0565. The number of hydrazone groups is 1. The third kappa shape index (κ3) is 3.71. The van der Waals surface area contributed by atoms with Gasteiger partial charge in [-0.2, -0.15) is 5.10 Å². The Kier molecular flexibility index (Phi) is 4.77. The molecule has 0 saturated carbocycles. The molecule has 0 heterocycles. The molecule has 4 nitrogen and oxygen atoms in total. The van der Waals surface area contributed by atoms with Crippen molar-refractivity contribution in [1.82, 2.24) is 0 Å². The molecule has 0 radical (unpaired) electrons. The molecule has 0 unspecified atom stereocenters. The van der Waals surface area contributed by atoms with E-state index < -0.39 is 11.8 Å². The molecule has 2 aromatic carbocycles. The lowest BCUT2D eigenvalue weighted by molar-refractivity contribution is 0.0697. The van der Waals surface area contributed by atoms with Crippen LogP contribution in [0.4, 0.5) is 10.1 Å². The van der Waals surface area contributed by atoms with Crippen molar-refractivity contribution in [3.63, 3.8) is 0 Å². The van der Waals surface area contributed by atoms with Crippen LogP contribution in [-0.4, -0.2) is 17.3 Å². The second kappa shape index (κ2) is 6.56. The maximum absolute atomic E-state index is 13.5. The molecular weight excluding hydrogens is 318 g/mol. The van der Waals surface area contributed by atoms with E-state index in [9.17, 15) is 9.18 Å². The number of nitrogens with zero attached hydrogens (tertiary/aromatic N) is 1. The first-order chi connectivity index (χ1) is 9.99. The number of rotatable bonds is 4. The SMILES string of the molecule is O=C(O)c1ccc(Cl)c(N/N=C\c2c(F)cccc2Cl)c1. The summed E-state index contributed by atoms with van der Waals surface area (Å²) in [6, 6.07) is 8.39. The molecule has 0 aliphatic heterocycles. The quantitative estimate of drug-likeness (QED) is 0.651. The van der Waals surface area contributed by atoms with Crippen LogP contribution in [-0.2, 0) is 0 Å². The summed E-state index contributed by atoms with van der Waals surface area (Å²) in [5.74, 6) is -1.60. The number of carboxylic acid groups (broad SMARTS) is 1. The molecule has 0 saturated heterocycles. The highest BCUT2D eigenvalue weighted by atomic mass is 35.5. The van der Waals surface area contributed by atoms with Crippen LogP contribution in [0.1, 0.15) is 15.9 Å². The third-order valence-electron chi connectivity index (χ3n) is 2.59. The van der Waals surface area contributed by atoms with Crippen LogP contribution < -0.4 is 5.43 Å². The molecule has 0 fully saturated rings. The minimum Gasteiger partial charge on any atom is -0.478 e. The molecule has 7 heteroatoms. The average Bonchev–Trinajstić information content (AvgIpc) is 2.43. The highest BCUT2D eigenvalue weighted by Crippen LogP contribution is 2.23. The topological polar surface area (TPSA) is 61.7 Å². The predicted molar refractivity (Wildman–Crippen MR) is 81.0 cm³/mol. The van der Waals surface area contributed by atoms with Gasteiger partial charge in [-0.25, -0.2) is 9.18 Å². The van der Waals surface area contributed by atoms with Crippen molar-refractivity contribution in [2.45, 2.75) is 0 Å². The zero-order valence-electron chi connectivity index (χ0n) is 10.5. The van der Waals surface area contributed by atoms with Gasteiger partial charge in [-0.05, 0) is 30.3 Å². The number of hydrogen-bond acceptors (Lipinski definition) is 3. The van der Waals surface area contributed by atoms with Crippen molar-refractivity contribution in [2.24, 2.45) is 5.10 Å². The third-order valence-corrected chi connectivity index (χ3v) is 3.25. The van der Waals surface area contributed by atoms with Gasteiger partial charge in [-0.1, -0.05) is 29.3 Å². The fourth-order valence-corrected chi connectivity index (χ4v) is 1.92. The largest absolute Gasteiger partial charge is 0.478 e. The van der Waals surface area contributed by atoms with Crippen molar-refractivity contribution in [3.8, 4) is 0 Å². The van der Waals surface area contributed by atoms with Crippen molar-refractivity contribution >= 4 is 41.1 Å². The Labute approximate surface area is 129 Å². The van der Waals surface area contributed by atoms with E-state index in [-0.39, 0.29) is 21.2 Å². The van der Waals surface area contributed by atoms with Gasteiger partial charge in [0.1, 0.15) is 5.82 Å². The fourth-order valence-electron chi connectivity index (χ4n) is 1.54. The number of nitrogens with one attached hydrogen (secondary N) is 1. The summed E-state index contributed by atoms with van der Waals surface area (Å²) in [6.07, 6.45) is 1.20. The van der Waals surface area contributed by atoms with Crippen LogP contribution in [0.3, 0.4) is 0 Å².